The van der Waals surface area contributed by atoms with Gasteiger partial charge in [-0.1, -0.05) is 37.6 Å². The van der Waals surface area contributed by atoms with E-state index in [1.807, 2.05) is 38.1 Å². The minimum Gasteiger partial charge on any atom is -0.497 e. The molecule has 2 aromatic rings. The Balaban J connectivity index is 2.21. The predicted octanol–water partition coefficient (Wildman–Crippen LogP) is 4.23. The molecule has 0 heterocycles. The summed E-state index contributed by atoms with van der Waals surface area (Å²) in [5, 5.41) is 3.39. The average Bonchev–Trinajstić information content (AvgIpc) is 2.85. The highest BCUT2D eigenvalue weighted by atomic mass is 35.5. The fourth-order valence-corrected chi connectivity index (χ4v) is 4.96. The molecule has 0 aliphatic carbocycles. The summed E-state index contributed by atoms with van der Waals surface area (Å²) in [6.07, 6.45) is 2.74. The zero-order valence-corrected chi connectivity index (χ0v) is 22.9. The number of benzene rings is 2. The van der Waals surface area contributed by atoms with Crippen molar-refractivity contribution < 1.29 is 22.7 Å². The van der Waals surface area contributed by atoms with E-state index in [4.69, 9.17) is 16.3 Å². The minimum absolute atomic E-state index is 0.0845. The number of hydrogen-bond donors (Lipinski definition) is 1. The molecule has 0 saturated carbocycles. The van der Waals surface area contributed by atoms with Crippen molar-refractivity contribution in [2.45, 2.75) is 52.1 Å². The van der Waals surface area contributed by atoms with Crippen LogP contribution in [0.3, 0.4) is 0 Å². The van der Waals surface area contributed by atoms with Crippen LogP contribution in [-0.2, 0) is 26.2 Å². The second-order valence-corrected chi connectivity index (χ2v) is 10.8. The van der Waals surface area contributed by atoms with Crippen molar-refractivity contribution in [3.63, 3.8) is 0 Å². The molecule has 0 aromatic heterocycles. The van der Waals surface area contributed by atoms with E-state index in [9.17, 15) is 18.0 Å². The molecule has 1 atom stereocenters. The molecule has 0 radical (unpaired) electrons. The van der Waals surface area contributed by atoms with Crippen molar-refractivity contribution in [2.24, 2.45) is 0 Å². The maximum Gasteiger partial charge on any atom is 0.242 e. The zero-order valence-electron chi connectivity index (χ0n) is 21.4. The number of hydrogen-bond acceptors (Lipinski definition) is 5. The van der Waals surface area contributed by atoms with Gasteiger partial charge in [0.05, 0.1) is 19.1 Å². The van der Waals surface area contributed by atoms with E-state index in [1.165, 1.54) is 4.31 Å². The van der Waals surface area contributed by atoms with Gasteiger partial charge >= 0.3 is 0 Å². The molecular formula is C26H36ClN3O5S. The van der Waals surface area contributed by atoms with Gasteiger partial charge in [-0.25, -0.2) is 8.42 Å². The molecule has 36 heavy (non-hydrogen) atoms. The highest BCUT2D eigenvalue weighted by Crippen LogP contribution is 2.22. The Morgan fingerprint density at radius 2 is 1.81 bits per heavy atom. The van der Waals surface area contributed by atoms with Gasteiger partial charge in [0.25, 0.3) is 0 Å². The number of anilines is 1. The SMILES string of the molecule is CCCNC(=O)C(CC)N(Cc1cccc(OC)c1)C(=O)CCCN(c1ccc(Cl)cc1)S(C)(=O)=O. The van der Waals surface area contributed by atoms with Crippen LogP contribution in [0.25, 0.3) is 0 Å². The molecule has 1 unspecified atom stereocenters. The molecule has 0 fully saturated rings. The first kappa shape index (κ1) is 29.5. The van der Waals surface area contributed by atoms with E-state index in [2.05, 4.69) is 5.32 Å². The van der Waals surface area contributed by atoms with Gasteiger partial charge in [-0.2, -0.15) is 0 Å². The van der Waals surface area contributed by atoms with Gasteiger partial charge in [0.15, 0.2) is 0 Å². The van der Waals surface area contributed by atoms with Gasteiger partial charge < -0.3 is 15.0 Å². The molecule has 0 spiro atoms. The fraction of sp³-hybridized carbons (Fsp3) is 0.462. The first-order chi connectivity index (χ1) is 17.1. The molecule has 2 aromatic carbocycles. The molecule has 198 valence electrons. The van der Waals surface area contributed by atoms with Crippen LogP contribution in [0.1, 0.15) is 45.1 Å². The van der Waals surface area contributed by atoms with Crippen LogP contribution < -0.4 is 14.4 Å². The Morgan fingerprint density at radius 1 is 1.11 bits per heavy atom. The Bertz CT molecular complexity index is 1110. The maximum atomic E-state index is 13.4. The van der Waals surface area contributed by atoms with Gasteiger partial charge in [0.2, 0.25) is 21.8 Å². The van der Waals surface area contributed by atoms with Gasteiger partial charge in [0, 0.05) is 31.1 Å². The summed E-state index contributed by atoms with van der Waals surface area (Å²) in [5.41, 5.74) is 1.32. The second kappa shape index (κ2) is 14.1. The summed E-state index contributed by atoms with van der Waals surface area (Å²) in [7, 11) is -1.99. The standard InChI is InChI=1S/C26H36ClN3O5S/c1-5-16-28-26(32)24(6-2)29(19-20-9-7-10-23(18-20)35-3)25(31)11-8-17-30(36(4,33)34)22-14-12-21(27)13-15-22/h7,9-10,12-15,18,24H,5-6,8,11,16-17,19H2,1-4H3,(H,28,32). The quantitative estimate of drug-likeness (QED) is 0.389. The number of nitrogens with zero attached hydrogens (tertiary/aromatic N) is 2. The molecule has 0 saturated heterocycles. The maximum absolute atomic E-state index is 13.4. The van der Waals surface area contributed by atoms with Crippen LogP contribution in [0.2, 0.25) is 5.02 Å². The first-order valence-corrected chi connectivity index (χ1v) is 14.3. The summed E-state index contributed by atoms with van der Waals surface area (Å²) < 4.78 is 31.4. The Hall–Kier alpha value is -2.78. The van der Waals surface area contributed by atoms with Crippen LogP contribution in [0.15, 0.2) is 48.5 Å². The van der Waals surface area contributed by atoms with Gasteiger partial charge in [0.1, 0.15) is 11.8 Å². The van der Waals surface area contributed by atoms with Crippen LogP contribution in [0.4, 0.5) is 5.69 Å². The van der Waals surface area contributed by atoms with Gasteiger partial charge in [-0.3, -0.25) is 13.9 Å². The highest BCUT2D eigenvalue weighted by Gasteiger charge is 2.28. The molecule has 0 bridgehead atoms. The summed E-state index contributed by atoms with van der Waals surface area (Å²) >= 11 is 5.94. The lowest BCUT2D eigenvalue weighted by Crippen LogP contribution is -2.49. The normalized spacial score (nSPS) is 12.0. The van der Waals surface area contributed by atoms with Crippen molar-refractivity contribution in [3.05, 3.63) is 59.1 Å². The van der Waals surface area contributed by atoms with Crippen LogP contribution in [-0.4, -0.2) is 57.6 Å². The number of carbonyl (C=O) groups excluding carboxylic acids is 2. The number of halogens is 1. The number of rotatable bonds is 14. The van der Waals surface area contributed by atoms with E-state index in [-0.39, 0.29) is 37.7 Å². The summed E-state index contributed by atoms with van der Waals surface area (Å²) in [6.45, 7) is 4.72. The number of amides is 2. The van der Waals surface area contributed by atoms with Crippen LogP contribution in [0.5, 0.6) is 5.75 Å². The number of methoxy groups -OCH3 is 1. The highest BCUT2D eigenvalue weighted by molar-refractivity contribution is 7.92. The molecule has 1 N–H and O–H groups in total. The van der Waals surface area contributed by atoms with Crippen molar-refractivity contribution in [1.29, 1.82) is 0 Å². The third kappa shape index (κ3) is 8.71. The third-order valence-electron chi connectivity index (χ3n) is 5.69. The Labute approximate surface area is 219 Å². The topological polar surface area (TPSA) is 96.0 Å². The van der Waals surface area contributed by atoms with Gasteiger partial charge in [-0.15, -0.1) is 0 Å². The van der Waals surface area contributed by atoms with Crippen molar-refractivity contribution in [1.82, 2.24) is 10.2 Å². The second-order valence-electron chi connectivity index (χ2n) is 8.50. The molecular weight excluding hydrogens is 502 g/mol. The van der Waals surface area contributed by atoms with E-state index in [1.54, 1.807) is 36.3 Å². The zero-order chi connectivity index (χ0) is 26.7. The monoisotopic (exact) mass is 537 g/mol. The summed E-state index contributed by atoms with van der Waals surface area (Å²) in [6, 6.07) is 13.2. The Kier molecular flexibility index (Phi) is 11.5. The number of nitrogens with one attached hydrogen (secondary N) is 1. The lowest BCUT2D eigenvalue weighted by atomic mass is 10.1. The number of sulfonamides is 1. The number of carbonyl (C=O) groups is 2. The number of ether oxygens (including phenoxy) is 1. The van der Waals surface area contributed by atoms with Crippen LogP contribution >= 0.6 is 11.6 Å². The molecule has 8 nitrogen and oxygen atoms in total. The van der Waals surface area contributed by atoms with E-state index < -0.39 is 16.1 Å². The summed E-state index contributed by atoms with van der Waals surface area (Å²) in [5.74, 6) is 0.241. The smallest absolute Gasteiger partial charge is 0.242 e. The lowest BCUT2D eigenvalue weighted by molar-refractivity contribution is -0.141. The van der Waals surface area contributed by atoms with E-state index >= 15 is 0 Å². The minimum atomic E-state index is -3.56. The molecule has 0 aliphatic heterocycles. The molecule has 10 heteroatoms. The van der Waals surface area contributed by atoms with Gasteiger partial charge in [-0.05, 0) is 61.2 Å². The lowest BCUT2D eigenvalue weighted by Gasteiger charge is -2.31. The van der Waals surface area contributed by atoms with Crippen LogP contribution in [0, 0.1) is 0 Å². The largest absolute Gasteiger partial charge is 0.497 e. The predicted molar refractivity (Wildman–Crippen MR) is 144 cm³/mol. The first-order valence-electron chi connectivity index (χ1n) is 12.0. The fourth-order valence-electron chi connectivity index (χ4n) is 3.86. The third-order valence-corrected chi connectivity index (χ3v) is 7.14. The average molecular weight is 538 g/mol. The summed E-state index contributed by atoms with van der Waals surface area (Å²) in [4.78, 5) is 27.9. The Morgan fingerprint density at radius 3 is 2.39 bits per heavy atom. The van der Waals surface area contributed by atoms with Crippen molar-refractivity contribution >= 4 is 39.1 Å². The molecule has 2 rings (SSSR count). The van der Waals surface area contributed by atoms with E-state index in [0.29, 0.717) is 29.4 Å². The molecule has 0 aliphatic rings. The van der Waals surface area contributed by atoms with Crippen molar-refractivity contribution in [3.8, 4) is 5.75 Å². The van der Waals surface area contributed by atoms with Crippen molar-refractivity contribution in [2.75, 3.05) is 30.8 Å². The molecule has 2 amide bonds. The van der Waals surface area contributed by atoms with E-state index in [0.717, 1.165) is 18.2 Å².